The van der Waals surface area contributed by atoms with Crippen molar-refractivity contribution < 1.29 is 0 Å². The van der Waals surface area contributed by atoms with Crippen molar-refractivity contribution >= 4 is 52.8 Å². The second kappa shape index (κ2) is 13.9. The zero-order valence-electron chi connectivity index (χ0n) is 34.8. The van der Waals surface area contributed by atoms with Gasteiger partial charge in [0.2, 0.25) is 0 Å². The largest absolute Gasteiger partial charge is 0.309 e. The molecule has 0 unspecified atom stereocenters. The first kappa shape index (κ1) is 36.8. The van der Waals surface area contributed by atoms with Gasteiger partial charge in [-0.05, 0) is 108 Å². The number of hydrogen-bond donors (Lipinski definition) is 1. The van der Waals surface area contributed by atoms with Crippen LogP contribution in [0.25, 0.3) is 100 Å². The second-order valence-corrected chi connectivity index (χ2v) is 25.7. The molecule has 4 nitrogen and oxygen atoms in total. The molecule has 0 atom stereocenters. The van der Waals surface area contributed by atoms with E-state index in [4.69, 9.17) is 9.97 Å². The van der Waals surface area contributed by atoms with Crippen molar-refractivity contribution in [2.45, 2.75) is 4.90 Å². The number of aromatic nitrogens is 4. The standard InChI is InChI=1S/C56H46N4S/c1-61(2,3,4)45-31-29-44(30-32-45)60-53-22-14-12-20-47(53)49-34-26-42(36-55(49)60)41-25-33-48-46-19-11-13-21-52(46)59(54(48)35-41)43-27-23-39(24-28-43)51-37-50(38-15-7-5-8-16-38)57-56(58-51)40-17-9-6-10-18-40/h5-37,61H,1-4H3. The summed E-state index contributed by atoms with van der Waals surface area (Å²) in [5, 5.41) is 4.98. The van der Waals surface area contributed by atoms with Gasteiger partial charge in [-0.1, -0.05) is 133 Å². The molecular formula is C56H46N4S. The molecule has 0 spiro atoms. The first-order valence-corrected chi connectivity index (χ1v) is 24.9. The summed E-state index contributed by atoms with van der Waals surface area (Å²) in [5.74, 6) is 0.712. The Bertz CT molecular complexity index is 3380. The zero-order chi connectivity index (χ0) is 41.3. The lowest BCUT2D eigenvalue weighted by molar-refractivity contribution is 1.17. The summed E-state index contributed by atoms with van der Waals surface area (Å²) in [6.07, 6.45) is 9.67. The normalized spacial score (nSPS) is 12.6. The van der Waals surface area contributed by atoms with E-state index in [1.807, 2.05) is 24.3 Å². The van der Waals surface area contributed by atoms with Gasteiger partial charge in [-0.15, -0.1) is 0 Å². The van der Waals surface area contributed by atoms with Crippen molar-refractivity contribution in [2.75, 3.05) is 25.0 Å². The third kappa shape index (κ3) is 6.50. The van der Waals surface area contributed by atoms with Gasteiger partial charge in [-0.2, -0.15) is 0 Å². The average molecular weight is 807 g/mol. The molecule has 3 aromatic heterocycles. The maximum absolute atomic E-state index is 5.10. The summed E-state index contributed by atoms with van der Waals surface area (Å²) in [4.78, 5) is 11.5. The minimum atomic E-state index is -1.90. The lowest BCUT2D eigenvalue weighted by Crippen LogP contribution is -2.10. The van der Waals surface area contributed by atoms with Crippen molar-refractivity contribution in [1.29, 1.82) is 0 Å². The van der Waals surface area contributed by atoms with Gasteiger partial charge in [-0.25, -0.2) is 9.97 Å². The second-order valence-electron chi connectivity index (χ2n) is 18.0. The van der Waals surface area contributed by atoms with Gasteiger partial charge in [0.15, 0.2) is 5.82 Å². The monoisotopic (exact) mass is 806 g/mol. The van der Waals surface area contributed by atoms with E-state index in [9.17, 15) is 0 Å². The minimum Gasteiger partial charge on any atom is -0.309 e. The summed E-state index contributed by atoms with van der Waals surface area (Å²) in [6.45, 7) is 0. The van der Waals surface area contributed by atoms with Gasteiger partial charge in [0.25, 0.3) is 0 Å². The molecule has 0 saturated heterocycles. The molecule has 296 valence electrons. The average Bonchev–Trinajstić information content (AvgIpc) is 3.81. The maximum Gasteiger partial charge on any atom is 0.160 e. The molecule has 3 heterocycles. The van der Waals surface area contributed by atoms with Crippen molar-refractivity contribution in [3.8, 4) is 56.4 Å². The Morgan fingerprint density at radius 2 is 0.721 bits per heavy atom. The number of benzene rings is 8. The van der Waals surface area contributed by atoms with E-state index in [0.717, 1.165) is 33.8 Å². The fourth-order valence-electron chi connectivity index (χ4n) is 8.90. The van der Waals surface area contributed by atoms with E-state index >= 15 is 0 Å². The van der Waals surface area contributed by atoms with Gasteiger partial charge in [0, 0.05) is 49.6 Å². The highest BCUT2D eigenvalue weighted by atomic mass is 32.3. The smallest absolute Gasteiger partial charge is 0.160 e. The number of nitrogens with zero attached hydrogens (tertiary/aromatic N) is 4. The molecule has 0 aliphatic carbocycles. The van der Waals surface area contributed by atoms with E-state index in [0.29, 0.717) is 5.82 Å². The first-order chi connectivity index (χ1) is 29.6. The van der Waals surface area contributed by atoms with E-state index in [-0.39, 0.29) is 0 Å². The molecule has 11 aromatic rings. The number of fused-ring (bicyclic) bond motifs is 6. The van der Waals surface area contributed by atoms with E-state index in [1.165, 1.54) is 65.3 Å². The first-order valence-electron chi connectivity index (χ1n) is 20.9. The number of hydrogen-bond acceptors (Lipinski definition) is 2. The summed E-state index contributed by atoms with van der Waals surface area (Å²) < 4.78 is 4.84. The molecule has 0 aliphatic heterocycles. The Morgan fingerprint density at radius 3 is 1.21 bits per heavy atom. The molecule has 61 heavy (non-hydrogen) atoms. The van der Waals surface area contributed by atoms with Crippen LogP contribution in [0.4, 0.5) is 0 Å². The van der Waals surface area contributed by atoms with E-state index in [1.54, 1.807) is 0 Å². The molecule has 0 aliphatic rings. The van der Waals surface area contributed by atoms with Gasteiger partial charge < -0.3 is 9.13 Å². The van der Waals surface area contributed by atoms with Crippen LogP contribution in [0.1, 0.15) is 0 Å². The SMILES string of the molecule is C[SH](C)(C)(C)c1ccc(-n2c3ccccc3c3ccc(-c4ccc5c6ccccc6n(-c6ccc(-c7cc(-c8ccccc8)nc(-c8ccccc8)n7)cc6)c5c4)cc32)cc1. The molecule has 0 N–H and O–H groups in total. The van der Waals surface area contributed by atoms with Crippen LogP contribution in [0.5, 0.6) is 0 Å². The highest BCUT2D eigenvalue weighted by Gasteiger charge is 2.22. The topological polar surface area (TPSA) is 35.6 Å². The molecule has 0 saturated carbocycles. The number of rotatable bonds is 7. The Balaban J connectivity index is 1.03. The summed E-state index contributed by atoms with van der Waals surface area (Å²) >= 11 is 0. The fraction of sp³-hybridized carbons (Fsp3) is 0.0714. The molecule has 0 fully saturated rings. The quantitative estimate of drug-likeness (QED) is 0.163. The highest BCUT2D eigenvalue weighted by molar-refractivity contribution is 8.47. The molecule has 0 bridgehead atoms. The molecule has 11 rings (SSSR count). The zero-order valence-corrected chi connectivity index (χ0v) is 35.7. The van der Waals surface area contributed by atoms with Crippen LogP contribution in [0.2, 0.25) is 0 Å². The predicted molar refractivity (Wildman–Crippen MR) is 263 cm³/mol. The van der Waals surface area contributed by atoms with Gasteiger partial charge in [0.1, 0.15) is 0 Å². The highest BCUT2D eigenvalue weighted by Crippen LogP contribution is 2.63. The van der Waals surface area contributed by atoms with Gasteiger partial charge in [-0.3, -0.25) is 9.16 Å². The van der Waals surface area contributed by atoms with Crippen molar-refractivity contribution in [1.82, 2.24) is 19.1 Å². The molecule has 0 amide bonds. The third-order valence-corrected chi connectivity index (χ3v) is 14.4. The molecule has 0 radical (unpaired) electrons. The van der Waals surface area contributed by atoms with Crippen LogP contribution in [0.3, 0.4) is 0 Å². The Kier molecular flexibility index (Phi) is 8.42. The van der Waals surface area contributed by atoms with Gasteiger partial charge in [0.05, 0.1) is 33.5 Å². The van der Waals surface area contributed by atoms with Crippen LogP contribution in [0.15, 0.2) is 205 Å². The minimum absolute atomic E-state index is 0.712. The molecule has 5 heteroatoms. The van der Waals surface area contributed by atoms with Gasteiger partial charge >= 0.3 is 0 Å². The Morgan fingerprint density at radius 1 is 0.328 bits per heavy atom. The van der Waals surface area contributed by atoms with E-state index in [2.05, 4.69) is 210 Å². The number of thiol groups is 1. The van der Waals surface area contributed by atoms with Crippen molar-refractivity contribution in [3.05, 3.63) is 200 Å². The Hall–Kier alpha value is -7.21. The number of para-hydroxylation sites is 2. The summed E-state index contributed by atoms with van der Waals surface area (Å²) in [5.41, 5.74) is 14.3. The molecular weight excluding hydrogens is 761 g/mol. The van der Waals surface area contributed by atoms with Crippen molar-refractivity contribution in [3.63, 3.8) is 0 Å². The fourth-order valence-corrected chi connectivity index (χ4v) is 10.2. The Labute approximate surface area is 356 Å². The third-order valence-electron chi connectivity index (χ3n) is 12.1. The predicted octanol–water partition coefficient (Wildman–Crippen LogP) is 14.3. The molecule has 8 aromatic carbocycles. The van der Waals surface area contributed by atoms with Crippen LogP contribution in [-0.2, 0) is 0 Å². The van der Waals surface area contributed by atoms with Crippen LogP contribution in [0, 0.1) is 0 Å². The van der Waals surface area contributed by atoms with Crippen LogP contribution >= 0.6 is 9.16 Å². The summed E-state index contributed by atoms with van der Waals surface area (Å²) in [7, 11) is -1.90. The van der Waals surface area contributed by atoms with Crippen molar-refractivity contribution in [2.24, 2.45) is 0 Å². The lowest BCUT2D eigenvalue weighted by Gasteiger charge is -2.47. The van der Waals surface area contributed by atoms with E-state index < -0.39 is 9.16 Å². The van der Waals surface area contributed by atoms with Crippen LogP contribution in [-0.4, -0.2) is 44.1 Å². The lowest BCUT2D eigenvalue weighted by atomic mass is 10.0. The maximum atomic E-state index is 5.10. The summed E-state index contributed by atoms with van der Waals surface area (Å²) in [6, 6.07) is 72.2. The van der Waals surface area contributed by atoms with Crippen LogP contribution < -0.4 is 0 Å².